The zero-order chi connectivity index (χ0) is 17.2. The largest absolute Gasteiger partial charge is 0.300 e. The quantitative estimate of drug-likeness (QED) is 0.593. The molecule has 0 aliphatic heterocycles. The fraction of sp³-hybridized carbons (Fsp3) is 0.0588. The van der Waals surface area contributed by atoms with Crippen LogP contribution in [0.15, 0.2) is 54.7 Å². The van der Waals surface area contributed by atoms with Gasteiger partial charge in [-0.15, -0.1) is 5.10 Å². The molecule has 0 fully saturated rings. The maximum Gasteiger partial charge on any atom is 0.247 e. The van der Waals surface area contributed by atoms with Crippen molar-refractivity contribution >= 4 is 44.2 Å². The summed E-state index contributed by atoms with van der Waals surface area (Å²) in [6, 6.07) is 15.0. The molecule has 8 heteroatoms. The highest BCUT2D eigenvalue weighted by atomic mass is 35.5. The Hall–Kier alpha value is -2.77. The third kappa shape index (κ3) is 3.52. The van der Waals surface area contributed by atoms with E-state index in [-0.39, 0.29) is 12.5 Å². The van der Waals surface area contributed by atoms with Crippen molar-refractivity contribution in [1.82, 2.24) is 20.0 Å². The number of anilines is 1. The lowest BCUT2D eigenvalue weighted by Crippen LogP contribution is -2.19. The van der Waals surface area contributed by atoms with Crippen molar-refractivity contribution in [3.8, 4) is 11.3 Å². The number of benzene rings is 2. The van der Waals surface area contributed by atoms with Gasteiger partial charge in [-0.05, 0) is 24.3 Å². The summed E-state index contributed by atoms with van der Waals surface area (Å²) < 4.78 is 2.52. The van der Waals surface area contributed by atoms with Crippen molar-refractivity contribution < 1.29 is 4.79 Å². The Morgan fingerprint density at radius 3 is 2.76 bits per heavy atom. The van der Waals surface area contributed by atoms with E-state index < -0.39 is 0 Å². The van der Waals surface area contributed by atoms with E-state index in [4.69, 9.17) is 11.6 Å². The number of halogens is 1. The molecule has 124 valence electrons. The van der Waals surface area contributed by atoms with Crippen LogP contribution in [0.1, 0.15) is 0 Å². The first-order chi connectivity index (χ1) is 12.2. The van der Waals surface area contributed by atoms with Gasteiger partial charge in [0, 0.05) is 10.6 Å². The molecule has 0 spiro atoms. The summed E-state index contributed by atoms with van der Waals surface area (Å²) in [5, 5.41) is 12.1. The van der Waals surface area contributed by atoms with Crippen LogP contribution in [-0.4, -0.2) is 25.9 Å². The summed E-state index contributed by atoms with van der Waals surface area (Å²) >= 11 is 7.32. The number of rotatable bonds is 4. The van der Waals surface area contributed by atoms with E-state index in [1.807, 2.05) is 36.4 Å². The smallest absolute Gasteiger partial charge is 0.247 e. The molecule has 0 unspecified atom stereocenters. The molecule has 0 aliphatic carbocycles. The summed E-state index contributed by atoms with van der Waals surface area (Å²) in [5.74, 6) is -0.202. The van der Waals surface area contributed by atoms with Crippen LogP contribution in [0, 0.1) is 0 Å². The van der Waals surface area contributed by atoms with Crippen molar-refractivity contribution in [1.29, 1.82) is 0 Å². The van der Waals surface area contributed by atoms with E-state index in [1.54, 1.807) is 18.3 Å². The number of nitrogens with one attached hydrogen (secondary N) is 1. The van der Waals surface area contributed by atoms with Gasteiger partial charge < -0.3 is 5.32 Å². The van der Waals surface area contributed by atoms with Gasteiger partial charge in [0.1, 0.15) is 12.2 Å². The number of amides is 1. The third-order valence-corrected chi connectivity index (χ3v) is 4.73. The average molecular weight is 370 g/mol. The Balaban J connectivity index is 1.45. The Labute approximate surface area is 152 Å². The van der Waals surface area contributed by atoms with Gasteiger partial charge in [-0.2, -0.15) is 0 Å². The van der Waals surface area contributed by atoms with E-state index in [9.17, 15) is 4.79 Å². The minimum atomic E-state index is -0.202. The molecule has 1 N–H and O–H groups in total. The highest BCUT2D eigenvalue weighted by Gasteiger charge is 2.10. The van der Waals surface area contributed by atoms with Gasteiger partial charge in [-0.25, -0.2) is 9.67 Å². The van der Waals surface area contributed by atoms with Crippen molar-refractivity contribution in [2.45, 2.75) is 6.54 Å². The number of aromatic nitrogens is 4. The van der Waals surface area contributed by atoms with E-state index in [0.29, 0.717) is 15.8 Å². The topological polar surface area (TPSA) is 72.7 Å². The lowest BCUT2D eigenvalue weighted by atomic mass is 10.2. The van der Waals surface area contributed by atoms with E-state index >= 15 is 0 Å². The van der Waals surface area contributed by atoms with Gasteiger partial charge in [0.25, 0.3) is 0 Å². The van der Waals surface area contributed by atoms with E-state index in [2.05, 4.69) is 20.6 Å². The van der Waals surface area contributed by atoms with Gasteiger partial charge in [-0.3, -0.25) is 4.79 Å². The molecule has 0 aliphatic rings. The number of para-hydroxylation sites is 1. The lowest BCUT2D eigenvalue weighted by molar-refractivity contribution is -0.116. The van der Waals surface area contributed by atoms with Gasteiger partial charge in [0.05, 0.1) is 16.4 Å². The van der Waals surface area contributed by atoms with Gasteiger partial charge in [-0.1, -0.05) is 52.4 Å². The van der Waals surface area contributed by atoms with Crippen molar-refractivity contribution in [2.75, 3.05) is 5.32 Å². The minimum Gasteiger partial charge on any atom is -0.300 e. The molecule has 2 aromatic carbocycles. The first kappa shape index (κ1) is 15.7. The summed E-state index contributed by atoms with van der Waals surface area (Å²) in [6.07, 6.45) is 1.72. The molecule has 0 bridgehead atoms. The fourth-order valence-electron chi connectivity index (χ4n) is 2.36. The molecule has 4 rings (SSSR count). The molecule has 4 aromatic rings. The first-order valence-corrected chi connectivity index (χ1v) is 8.68. The highest BCUT2D eigenvalue weighted by Crippen LogP contribution is 2.25. The average Bonchev–Trinajstić information content (AvgIpc) is 3.21. The molecule has 1 amide bonds. The second-order valence-corrected chi connectivity index (χ2v) is 6.81. The van der Waals surface area contributed by atoms with E-state index in [1.165, 1.54) is 16.0 Å². The molecule has 0 saturated carbocycles. The van der Waals surface area contributed by atoms with Crippen LogP contribution in [0.25, 0.3) is 21.5 Å². The van der Waals surface area contributed by atoms with Crippen LogP contribution in [0.5, 0.6) is 0 Å². The summed E-state index contributed by atoms with van der Waals surface area (Å²) in [4.78, 5) is 16.6. The molecule has 0 radical (unpaired) electrons. The number of thiazole rings is 1. The van der Waals surface area contributed by atoms with Gasteiger partial charge >= 0.3 is 0 Å². The Morgan fingerprint density at radius 1 is 1.16 bits per heavy atom. The summed E-state index contributed by atoms with van der Waals surface area (Å²) in [7, 11) is 0. The predicted octanol–water partition coefficient (Wildman–Crippen LogP) is 3.85. The maximum absolute atomic E-state index is 12.2. The number of fused-ring (bicyclic) bond motifs is 1. The number of carbonyl (C=O) groups excluding carboxylic acids is 1. The minimum absolute atomic E-state index is 0.0660. The summed E-state index contributed by atoms with van der Waals surface area (Å²) in [5.41, 5.74) is 2.44. The zero-order valence-corrected chi connectivity index (χ0v) is 14.5. The van der Waals surface area contributed by atoms with Crippen LogP contribution in [0.3, 0.4) is 0 Å². The number of hydrogen-bond donors (Lipinski definition) is 1. The third-order valence-electron chi connectivity index (χ3n) is 3.52. The summed E-state index contributed by atoms with van der Waals surface area (Å²) in [6.45, 7) is 0.0660. The standard InChI is InChI=1S/C17H12ClN5OS/c18-12-7-5-11(6-8-12)14-9-23(22-21-14)10-16(24)20-17-19-13-3-1-2-4-15(13)25-17/h1-9H,10H2,(H,19,20,24). The second kappa shape index (κ2) is 6.62. The van der Waals surface area contributed by atoms with Crippen LogP contribution in [-0.2, 0) is 11.3 Å². The SMILES string of the molecule is O=C(Cn1cc(-c2ccc(Cl)cc2)nn1)Nc1nc2ccccc2s1. The van der Waals surface area contributed by atoms with Gasteiger partial charge in [0.2, 0.25) is 5.91 Å². The lowest BCUT2D eigenvalue weighted by Gasteiger charge is -2.00. The second-order valence-electron chi connectivity index (χ2n) is 5.34. The normalized spacial score (nSPS) is 10.9. The van der Waals surface area contributed by atoms with Crippen molar-refractivity contribution in [3.05, 3.63) is 59.8 Å². The fourth-order valence-corrected chi connectivity index (χ4v) is 3.37. The molecule has 0 saturated heterocycles. The zero-order valence-electron chi connectivity index (χ0n) is 12.9. The molecule has 2 aromatic heterocycles. The molecule has 25 heavy (non-hydrogen) atoms. The van der Waals surface area contributed by atoms with Gasteiger partial charge in [0.15, 0.2) is 5.13 Å². The molecule has 2 heterocycles. The predicted molar refractivity (Wildman–Crippen MR) is 98.7 cm³/mol. The first-order valence-electron chi connectivity index (χ1n) is 7.49. The Morgan fingerprint density at radius 2 is 1.96 bits per heavy atom. The maximum atomic E-state index is 12.2. The number of nitrogens with zero attached hydrogens (tertiary/aromatic N) is 4. The van der Waals surface area contributed by atoms with E-state index in [0.717, 1.165) is 15.8 Å². The Bertz CT molecular complexity index is 1010. The molecule has 6 nitrogen and oxygen atoms in total. The van der Waals surface area contributed by atoms with Crippen LogP contribution in [0.4, 0.5) is 5.13 Å². The van der Waals surface area contributed by atoms with Crippen molar-refractivity contribution in [2.24, 2.45) is 0 Å². The number of hydrogen-bond acceptors (Lipinski definition) is 5. The monoisotopic (exact) mass is 369 g/mol. The molecule has 0 atom stereocenters. The highest BCUT2D eigenvalue weighted by molar-refractivity contribution is 7.22. The molecular weight excluding hydrogens is 358 g/mol. The van der Waals surface area contributed by atoms with Crippen molar-refractivity contribution in [3.63, 3.8) is 0 Å². The van der Waals surface area contributed by atoms with Crippen LogP contribution in [0.2, 0.25) is 5.02 Å². The Kier molecular flexibility index (Phi) is 4.17. The number of carbonyl (C=O) groups is 1. The molecular formula is C17H12ClN5OS. The van der Waals surface area contributed by atoms with Crippen LogP contribution < -0.4 is 5.32 Å². The van der Waals surface area contributed by atoms with Crippen LogP contribution >= 0.6 is 22.9 Å².